The van der Waals surface area contributed by atoms with Crippen LogP contribution in [0, 0.1) is 0 Å². The van der Waals surface area contributed by atoms with Gasteiger partial charge in [0.2, 0.25) is 11.8 Å². The molecule has 6 nitrogen and oxygen atoms in total. The highest BCUT2D eigenvalue weighted by atomic mass is 16.3. The van der Waals surface area contributed by atoms with Crippen LogP contribution in [-0.4, -0.2) is 40.5 Å². The van der Waals surface area contributed by atoms with E-state index in [1.54, 1.807) is 24.3 Å². The number of amides is 2. The number of anilines is 1. The van der Waals surface area contributed by atoms with E-state index in [0.29, 0.717) is 5.69 Å². The van der Waals surface area contributed by atoms with Gasteiger partial charge in [-0.2, -0.15) is 0 Å². The predicted octanol–water partition coefficient (Wildman–Crippen LogP) is -0.271. The topological polar surface area (TPSA) is 110 Å². The molecule has 0 spiro atoms. The van der Waals surface area contributed by atoms with Crippen LogP contribution in [-0.2, 0) is 9.59 Å². The number of likely N-dealkylation sites (tertiary alicyclic amines) is 1. The third-order valence-electron chi connectivity index (χ3n) is 3.22. The van der Waals surface area contributed by atoms with E-state index in [1.807, 2.05) is 6.07 Å². The number of nitrogens with two attached hydrogens (primary N) is 2. The first kappa shape index (κ1) is 14.1. The lowest BCUT2D eigenvalue weighted by atomic mass is 10.1. The molecule has 1 fully saturated rings. The van der Waals surface area contributed by atoms with Crippen LogP contribution in [0.4, 0.5) is 5.69 Å². The molecule has 1 saturated heterocycles. The van der Waals surface area contributed by atoms with E-state index in [1.165, 1.54) is 11.0 Å². The van der Waals surface area contributed by atoms with Crippen LogP contribution in [0.3, 0.4) is 0 Å². The van der Waals surface area contributed by atoms with Crippen LogP contribution in [0.25, 0.3) is 6.08 Å². The van der Waals surface area contributed by atoms with Crippen molar-refractivity contribution in [3.63, 3.8) is 0 Å². The fourth-order valence-electron chi connectivity index (χ4n) is 2.25. The monoisotopic (exact) mass is 275 g/mol. The molecule has 0 radical (unpaired) electrons. The molecule has 1 aromatic rings. The molecule has 0 saturated carbocycles. The second-order valence-electron chi connectivity index (χ2n) is 4.80. The number of primary amides is 1. The zero-order chi connectivity index (χ0) is 14.7. The van der Waals surface area contributed by atoms with Gasteiger partial charge in [0, 0.05) is 24.7 Å². The number of rotatable bonds is 3. The Kier molecular flexibility index (Phi) is 4.05. The van der Waals surface area contributed by atoms with Crippen molar-refractivity contribution in [3.05, 3.63) is 35.9 Å². The molecule has 6 heteroatoms. The lowest BCUT2D eigenvalue weighted by molar-refractivity contribution is -0.133. The van der Waals surface area contributed by atoms with Crippen molar-refractivity contribution in [2.24, 2.45) is 5.73 Å². The summed E-state index contributed by atoms with van der Waals surface area (Å²) in [6.45, 7) is 0.119. The number of benzene rings is 1. The van der Waals surface area contributed by atoms with E-state index < -0.39 is 18.1 Å². The van der Waals surface area contributed by atoms with Gasteiger partial charge in [-0.15, -0.1) is 0 Å². The summed E-state index contributed by atoms with van der Waals surface area (Å²) in [6, 6.07) is 6.33. The van der Waals surface area contributed by atoms with Crippen molar-refractivity contribution in [1.82, 2.24) is 4.90 Å². The Morgan fingerprint density at radius 1 is 1.40 bits per heavy atom. The first-order chi connectivity index (χ1) is 9.47. The molecule has 2 amide bonds. The number of carbonyl (C=O) groups excluding carboxylic acids is 2. The minimum absolute atomic E-state index is 0.119. The predicted molar refractivity (Wildman–Crippen MR) is 75.2 cm³/mol. The van der Waals surface area contributed by atoms with Crippen molar-refractivity contribution in [2.75, 3.05) is 12.3 Å². The summed E-state index contributed by atoms with van der Waals surface area (Å²) in [5.74, 6) is -0.958. The maximum Gasteiger partial charge on any atom is 0.247 e. The van der Waals surface area contributed by atoms with Gasteiger partial charge in [-0.05, 0) is 23.8 Å². The van der Waals surface area contributed by atoms with Crippen LogP contribution >= 0.6 is 0 Å². The summed E-state index contributed by atoms with van der Waals surface area (Å²) >= 11 is 0. The van der Waals surface area contributed by atoms with Crippen molar-refractivity contribution < 1.29 is 14.7 Å². The van der Waals surface area contributed by atoms with Crippen LogP contribution < -0.4 is 11.5 Å². The molecule has 0 aromatic heterocycles. The van der Waals surface area contributed by atoms with Crippen molar-refractivity contribution in [2.45, 2.75) is 18.6 Å². The van der Waals surface area contributed by atoms with Crippen molar-refractivity contribution >= 4 is 23.6 Å². The molecule has 1 heterocycles. The summed E-state index contributed by atoms with van der Waals surface area (Å²) in [5, 5.41) is 9.55. The molecule has 0 bridgehead atoms. The van der Waals surface area contributed by atoms with Crippen molar-refractivity contribution in [1.29, 1.82) is 0 Å². The van der Waals surface area contributed by atoms with Gasteiger partial charge in [0.05, 0.1) is 6.10 Å². The third kappa shape index (κ3) is 3.16. The van der Waals surface area contributed by atoms with Gasteiger partial charge < -0.3 is 21.5 Å². The molecular weight excluding hydrogens is 258 g/mol. The first-order valence-corrected chi connectivity index (χ1v) is 6.29. The van der Waals surface area contributed by atoms with Crippen LogP contribution in [0.1, 0.15) is 12.0 Å². The number of hydrogen-bond acceptors (Lipinski definition) is 4. The highest BCUT2D eigenvalue weighted by molar-refractivity contribution is 5.95. The average Bonchev–Trinajstić information content (AvgIpc) is 2.78. The smallest absolute Gasteiger partial charge is 0.247 e. The van der Waals surface area contributed by atoms with Gasteiger partial charge >= 0.3 is 0 Å². The van der Waals surface area contributed by atoms with Crippen molar-refractivity contribution in [3.8, 4) is 0 Å². The minimum atomic E-state index is -0.747. The maximum atomic E-state index is 12.1. The second-order valence-corrected chi connectivity index (χ2v) is 4.80. The standard InChI is InChI=1S/C14H17N3O3/c15-10-3-1-2-9(6-10)4-5-13(19)17-8-11(18)7-12(17)14(16)20/h1-6,11-12,18H,7-8,15H2,(H2,16,20)/b5-4+. The van der Waals surface area contributed by atoms with Gasteiger partial charge in [0.25, 0.3) is 0 Å². The summed E-state index contributed by atoms with van der Waals surface area (Å²) in [5.41, 5.74) is 12.3. The Balaban J connectivity index is 2.09. The largest absolute Gasteiger partial charge is 0.399 e. The van der Waals surface area contributed by atoms with E-state index in [0.717, 1.165) is 5.56 Å². The summed E-state index contributed by atoms with van der Waals surface area (Å²) in [4.78, 5) is 24.6. The molecule has 106 valence electrons. The number of aliphatic hydroxyl groups excluding tert-OH is 1. The first-order valence-electron chi connectivity index (χ1n) is 6.29. The van der Waals surface area contributed by atoms with Gasteiger partial charge in [-0.1, -0.05) is 12.1 Å². The third-order valence-corrected chi connectivity index (χ3v) is 3.22. The van der Waals surface area contributed by atoms with E-state index >= 15 is 0 Å². The Morgan fingerprint density at radius 2 is 2.15 bits per heavy atom. The Bertz CT molecular complexity index is 556. The average molecular weight is 275 g/mol. The highest BCUT2D eigenvalue weighted by Crippen LogP contribution is 2.18. The van der Waals surface area contributed by atoms with E-state index in [4.69, 9.17) is 11.5 Å². The molecule has 1 aliphatic heterocycles. The number of nitrogens with zero attached hydrogens (tertiary/aromatic N) is 1. The van der Waals surface area contributed by atoms with E-state index in [9.17, 15) is 14.7 Å². The maximum absolute atomic E-state index is 12.1. The lowest BCUT2D eigenvalue weighted by Crippen LogP contribution is -2.43. The molecule has 2 rings (SSSR count). The number of carbonyl (C=O) groups is 2. The zero-order valence-electron chi connectivity index (χ0n) is 10.9. The fraction of sp³-hybridized carbons (Fsp3) is 0.286. The molecule has 1 aliphatic rings. The Labute approximate surface area is 116 Å². The second kappa shape index (κ2) is 5.75. The SMILES string of the molecule is NC(=O)C1CC(O)CN1C(=O)/C=C/c1cccc(N)c1. The number of aliphatic hydroxyl groups is 1. The minimum Gasteiger partial charge on any atom is -0.399 e. The fourth-order valence-corrected chi connectivity index (χ4v) is 2.25. The quantitative estimate of drug-likeness (QED) is 0.521. The van der Waals surface area contributed by atoms with Crippen LogP contribution in [0.2, 0.25) is 0 Å². The lowest BCUT2D eigenvalue weighted by Gasteiger charge is -2.19. The van der Waals surface area contributed by atoms with Crippen LogP contribution in [0.15, 0.2) is 30.3 Å². The van der Waals surface area contributed by atoms with Gasteiger partial charge in [-0.25, -0.2) is 0 Å². The van der Waals surface area contributed by atoms with Gasteiger partial charge in [0.15, 0.2) is 0 Å². The van der Waals surface area contributed by atoms with Gasteiger partial charge in [-0.3, -0.25) is 9.59 Å². The molecule has 2 unspecified atom stereocenters. The highest BCUT2D eigenvalue weighted by Gasteiger charge is 2.36. The molecule has 20 heavy (non-hydrogen) atoms. The molecular formula is C14H17N3O3. The summed E-state index contributed by atoms with van der Waals surface area (Å²) in [7, 11) is 0. The Hall–Kier alpha value is -2.34. The normalized spacial score (nSPS) is 22.4. The molecule has 1 aromatic carbocycles. The van der Waals surface area contributed by atoms with E-state index in [-0.39, 0.29) is 18.9 Å². The zero-order valence-corrected chi connectivity index (χ0v) is 10.9. The Morgan fingerprint density at radius 3 is 2.80 bits per heavy atom. The number of β-amino-alcohol motifs (C(OH)–C–C–N with tert-alkyl or cyclic N) is 1. The summed E-state index contributed by atoms with van der Waals surface area (Å²) in [6.07, 6.45) is 2.44. The van der Waals surface area contributed by atoms with Crippen LogP contribution in [0.5, 0.6) is 0 Å². The molecule has 2 atom stereocenters. The van der Waals surface area contributed by atoms with Gasteiger partial charge in [0.1, 0.15) is 6.04 Å². The molecule has 5 N–H and O–H groups in total. The number of hydrogen-bond donors (Lipinski definition) is 3. The van der Waals surface area contributed by atoms with E-state index in [2.05, 4.69) is 0 Å². The summed E-state index contributed by atoms with van der Waals surface area (Å²) < 4.78 is 0. The molecule has 0 aliphatic carbocycles. The number of nitrogen functional groups attached to an aromatic ring is 1.